The van der Waals surface area contributed by atoms with Crippen molar-refractivity contribution in [3.05, 3.63) is 24.3 Å². The lowest BCUT2D eigenvalue weighted by Gasteiger charge is -2.05. The van der Waals surface area contributed by atoms with E-state index < -0.39 is 0 Å². The van der Waals surface area contributed by atoms with Crippen molar-refractivity contribution < 1.29 is 9.53 Å². The van der Waals surface area contributed by atoms with E-state index in [0.29, 0.717) is 6.42 Å². The van der Waals surface area contributed by atoms with E-state index in [1.165, 1.54) is 0 Å². The fraction of sp³-hybridized carbons (Fsp3) is 0.462. The third-order valence-corrected chi connectivity index (χ3v) is 1.83. The monoisotopic (exact) mass is 223 g/mol. The first-order valence-electron chi connectivity index (χ1n) is 5.70. The topological polar surface area (TPSA) is 38.3 Å². The molecule has 1 aromatic rings. The number of nitrogens with one attached hydrogen (secondary N) is 1. The second kappa shape index (κ2) is 8.77. The van der Waals surface area contributed by atoms with Gasteiger partial charge in [-0.2, -0.15) is 0 Å². The predicted molar refractivity (Wildman–Crippen MR) is 67.9 cm³/mol. The van der Waals surface area contributed by atoms with Crippen LogP contribution in [0, 0.1) is 0 Å². The molecular formula is C13H21NO2. The van der Waals surface area contributed by atoms with Crippen molar-refractivity contribution in [2.24, 2.45) is 0 Å². The van der Waals surface area contributed by atoms with Crippen molar-refractivity contribution in [2.45, 2.75) is 33.6 Å². The van der Waals surface area contributed by atoms with Crippen molar-refractivity contribution in [1.82, 2.24) is 0 Å². The Balaban J connectivity index is 0.00000106. The highest BCUT2D eigenvalue weighted by atomic mass is 16.5. The summed E-state index contributed by atoms with van der Waals surface area (Å²) < 4.78 is 5.05. The number of carbonyl (C=O) groups is 1. The van der Waals surface area contributed by atoms with E-state index in [1.807, 2.05) is 39.0 Å². The lowest BCUT2D eigenvalue weighted by atomic mass is 10.2. The molecule has 1 amide bonds. The number of carbonyl (C=O) groups excluding carboxylic acids is 1. The van der Waals surface area contributed by atoms with Crippen LogP contribution in [0.2, 0.25) is 0 Å². The van der Waals surface area contributed by atoms with Gasteiger partial charge in [-0.25, -0.2) is 0 Å². The Hall–Kier alpha value is -1.51. The van der Waals surface area contributed by atoms with Crippen molar-refractivity contribution in [3.8, 4) is 5.75 Å². The summed E-state index contributed by atoms with van der Waals surface area (Å²) in [7, 11) is 1.60. The molecule has 16 heavy (non-hydrogen) atoms. The minimum Gasteiger partial charge on any atom is -0.497 e. The van der Waals surface area contributed by atoms with Crippen LogP contribution in [-0.4, -0.2) is 13.0 Å². The first-order chi connectivity index (χ1) is 7.76. The maximum absolute atomic E-state index is 11.3. The number of ether oxygens (including phenoxy) is 1. The van der Waals surface area contributed by atoms with Gasteiger partial charge in [0.15, 0.2) is 0 Å². The fourth-order valence-corrected chi connectivity index (χ4v) is 1.15. The van der Waals surface area contributed by atoms with Crippen LogP contribution in [0.5, 0.6) is 5.75 Å². The summed E-state index contributed by atoms with van der Waals surface area (Å²) in [5.74, 6) is 0.792. The van der Waals surface area contributed by atoms with Crippen molar-refractivity contribution in [3.63, 3.8) is 0 Å². The summed E-state index contributed by atoms with van der Waals surface area (Å²) in [6.07, 6.45) is 1.41. The van der Waals surface area contributed by atoms with Gasteiger partial charge in [-0.15, -0.1) is 0 Å². The van der Waals surface area contributed by atoms with Gasteiger partial charge in [0, 0.05) is 18.2 Å². The Morgan fingerprint density at radius 1 is 1.38 bits per heavy atom. The number of hydrogen-bond acceptors (Lipinski definition) is 2. The Labute approximate surface area is 97.8 Å². The molecule has 0 bridgehead atoms. The first kappa shape index (κ1) is 14.5. The van der Waals surface area contributed by atoms with E-state index in [-0.39, 0.29) is 5.91 Å². The molecule has 0 saturated carbocycles. The number of amides is 1. The van der Waals surface area contributed by atoms with Crippen molar-refractivity contribution in [1.29, 1.82) is 0 Å². The van der Waals surface area contributed by atoms with Gasteiger partial charge in [0.05, 0.1) is 7.11 Å². The molecule has 0 aromatic heterocycles. The Morgan fingerprint density at radius 3 is 2.62 bits per heavy atom. The number of benzene rings is 1. The minimum absolute atomic E-state index is 0.0424. The summed E-state index contributed by atoms with van der Waals surface area (Å²) in [6, 6.07) is 7.33. The average Bonchev–Trinajstić information content (AvgIpc) is 2.32. The van der Waals surface area contributed by atoms with Gasteiger partial charge in [0.25, 0.3) is 0 Å². The van der Waals surface area contributed by atoms with Gasteiger partial charge >= 0.3 is 0 Å². The van der Waals surface area contributed by atoms with Crippen LogP contribution < -0.4 is 10.1 Å². The first-order valence-corrected chi connectivity index (χ1v) is 5.70. The van der Waals surface area contributed by atoms with Crippen LogP contribution in [-0.2, 0) is 4.79 Å². The zero-order valence-corrected chi connectivity index (χ0v) is 10.5. The average molecular weight is 223 g/mol. The van der Waals surface area contributed by atoms with E-state index in [0.717, 1.165) is 17.9 Å². The normalized spacial score (nSPS) is 8.75. The molecule has 0 atom stereocenters. The molecule has 0 spiro atoms. The Morgan fingerprint density at radius 2 is 2.06 bits per heavy atom. The highest BCUT2D eigenvalue weighted by molar-refractivity contribution is 5.90. The highest BCUT2D eigenvalue weighted by Crippen LogP contribution is 2.16. The summed E-state index contributed by atoms with van der Waals surface area (Å²) in [6.45, 7) is 5.98. The van der Waals surface area contributed by atoms with Crippen molar-refractivity contribution >= 4 is 11.6 Å². The lowest BCUT2D eigenvalue weighted by molar-refractivity contribution is -0.116. The van der Waals surface area contributed by atoms with E-state index in [9.17, 15) is 4.79 Å². The number of hydrogen-bond donors (Lipinski definition) is 1. The maximum atomic E-state index is 11.3. The van der Waals surface area contributed by atoms with E-state index in [2.05, 4.69) is 5.32 Å². The molecular weight excluding hydrogens is 202 g/mol. The van der Waals surface area contributed by atoms with E-state index in [4.69, 9.17) is 4.74 Å². The molecule has 0 unspecified atom stereocenters. The zero-order chi connectivity index (χ0) is 12.4. The van der Waals surface area contributed by atoms with Crippen LogP contribution >= 0.6 is 0 Å². The molecule has 90 valence electrons. The second-order valence-electron chi connectivity index (χ2n) is 3.03. The van der Waals surface area contributed by atoms with Gasteiger partial charge in [0.2, 0.25) is 5.91 Å². The summed E-state index contributed by atoms with van der Waals surface area (Å²) >= 11 is 0. The predicted octanol–water partition coefficient (Wildman–Crippen LogP) is 3.46. The number of anilines is 1. The molecule has 3 heteroatoms. The summed E-state index contributed by atoms with van der Waals surface area (Å²) in [4.78, 5) is 11.3. The van der Waals surface area contributed by atoms with Crippen LogP contribution in [0.4, 0.5) is 5.69 Å². The standard InChI is InChI=1S/C11H15NO2.C2H6/c1-3-5-11(13)12-9-6-4-7-10(8-9)14-2;1-2/h4,6-8H,3,5H2,1-2H3,(H,12,13);1-2H3. The van der Waals surface area contributed by atoms with Gasteiger partial charge in [0.1, 0.15) is 5.75 Å². The quantitative estimate of drug-likeness (QED) is 0.848. The third-order valence-electron chi connectivity index (χ3n) is 1.83. The van der Waals surface area contributed by atoms with Crippen LogP contribution in [0.15, 0.2) is 24.3 Å². The maximum Gasteiger partial charge on any atom is 0.224 e. The molecule has 0 fully saturated rings. The largest absolute Gasteiger partial charge is 0.497 e. The van der Waals surface area contributed by atoms with Crippen LogP contribution in [0.3, 0.4) is 0 Å². The third kappa shape index (κ3) is 5.39. The van der Waals surface area contributed by atoms with Gasteiger partial charge in [-0.3, -0.25) is 4.79 Å². The zero-order valence-electron chi connectivity index (χ0n) is 10.5. The van der Waals surface area contributed by atoms with Crippen LogP contribution in [0.1, 0.15) is 33.6 Å². The Bertz CT molecular complexity index is 311. The van der Waals surface area contributed by atoms with E-state index >= 15 is 0 Å². The van der Waals surface area contributed by atoms with Crippen LogP contribution in [0.25, 0.3) is 0 Å². The van der Waals surface area contributed by atoms with Gasteiger partial charge in [-0.05, 0) is 18.6 Å². The molecule has 1 N–H and O–H groups in total. The number of methoxy groups -OCH3 is 1. The highest BCUT2D eigenvalue weighted by Gasteiger charge is 2.00. The number of rotatable bonds is 4. The molecule has 0 aliphatic heterocycles. The SMILES string of the molecule is CC.CCCC(=O)Nc1cccc(OC)c1. The van der Waals surface area contributed by atoms with Gasteiger partial charge in [-0.1, -0.05) is 26.8 Å². The second-order valence-corrected chi connectivity index (χ2v) is 3.03. The molecule has 3 nitrogen and oxygen atoms in total. The molecule has 1 rings (SSSR count). The summed E-state index contributed by atoms with van der Waals surface area (Å²) in [5.41, 5.74) is 0.780. The van der Waals surface area contributed by atoms with Gasteiger partial charge < -0.3 is 10.1 Å². The molecule has 0 aliphatic rings. The minimum atomic E-state index is 0.0424. The molecule has 0 radical (unpaired) electrons. The molecule has 0 saturated heterocycles. The molecule has 1 aromatic carbocycles. The lowest BCUT2D eigenvalue weighted by Crippen LogP contribution is -2.10. The fourth-order valence-electron chi connectivity index (χ4n) is 1.15. The van der Waals surface area contributed by atoms with Crippen molar-refractivity contribution in [2.75, 3.05) is 12.4 Å². The Kier molecular flexibility index (Phi) is 7.94. The molecule has 0 aliphatic carbocycles. The molecule has 0 heterocycles. The smallest absolute Gasteiger partial charge is 0.224 e. The van der Waals surface area contributed by atoms with E-state index in [1.54, 1.807) is 13.2 Å². The summed E-state index contributed by atoms with van der Waals surface area (Å²) in [5, 5.41) is 2.80.